The monoisotopic (exact) mass is 377 g/mol. The molecule has 0 heterocycles. The van der Waals surface area contributed by atoms with Gasteiger partial charge in [-0.2, -0.15) is 0 Å². The molecule has 134 valence electrons. The third-order valence-corrected chi connectivity index (χ3v) is 4.17. The first-order valence-electron chi connectivity index (χ1n) is 8.20. The van der Waals surface area contributed by atoms with Gasteiger partial charge >= 0.3 is 0 Å². The fraction of sp³-hybridized carbons (Fsp3) is 0. The van der Waals surface area contributed by atoms with E-state index >= 15 is 0 Å². The molecule has 0 aliphatic heterocycles. The summed E-state index contributed by atoms with van der Waals surface area (Å²) in [7, 11) is 0. The van der Waals surface area contributed by atoms with Gasteiger partial charge in [-0.25, -0.2) is 0 Å². The van der Waals surface area contributed by atoms with Crippen molar-refractivity contribution in [2.45, 2.75) is 0 Å². The molecule has 0 bridgehead atoms. The minimum absolute atomic E-state index is 0.109. The Morgan fingerprint density at radius 2 is 1.67 bits per heavy atom. The summed E-state index contributed by atoms with van der Waals surface area (Å²) in [5.41, 5.74) is 2.23. The third-order valence-electron chi connectivity index (χ3n) is 3.84. The number of ketones is 1. The van der Waals surface area contributed by atoms with Crippen LogP contribution in [0.1, 0.15) is 26.3 Å². The predicted octanol–water partition coefficient (Wildman–Crippen LogP) is 5.19. The first-order chi connectivity index (χ1) is 13.0. The Labute approximate surface area is 161 Å². The molecule has 4 nitrogen and oxygen atoms in total. The van der Waals surface area contributed by atoms with Crippen LogP contribution >= 0.6 is 11.6 Å². The summed E-state index contributed by atoms with van der Waals surface area (Å²) in [6.45, 7) is 0. The zero-order valence-electron chi connectivity index (χ0n) is 14.2. The zero-order valence-corrected chi connectivity index (χ0v) is 15.0. The summed E-state index contributed by atoms with van der Waals surface area (Å²) in [5, 5.41) is 12.5. The van der Waals surface area contributed by atoms with Gasteiger partial charge < -0.3 is 10.4 Å². The van der Waals surface area contributed by atoms with Crippen molar-refractivity contribution in [1.82, 2.24) is 0 Å². The number of rotatable bonds is 5. The minimum Gasteiger partial charge on any atom is -0.508 e. The smallest absolute Gasteiger partial charge is 0.257 e. The Balaban J connectivity index is 1.72. The van der Waals surface area contributed by atoms with Crippen LogP contribution in [-0.2, 0) is 0 Å². The Kier molecular flexibility index (Phi) is 5.69. The quantitative estimate of drug-likeness (QED) is 0.474. The van der Waals surface area contributed by atoms with E-state index in [4.69, 9.17) is 11.6 Å². The number of phenols is 1. The van der Waals surface area contributed by atoms with Gasteiger partial charge in [-0.1, -0.05) is 41.9 Å². The van der Waals surface area contributed by atoms with E-state index in [-0.39, 0.29) is 17.4 Å². The number of hydrogen-bond acceptors (Lipinski definition) is 3. The highest BCUT2D eigenvalue weighted by Gasteiger charge is 2.09. The van der Waals surface area contributed by atoms with Crippen LogP contribution in [0.2, 0.25) is 5.02 Å². The van der Waals surface area contributed by atoms with Crippen LogP contribution in [0.3, 0.4) is 0 Å². The van der Waals surface area contributed by atoms with E-state index in [0.29, 0.717) is 21.8 Å². The average molecular weight is 378 g/mol. The van der Waals surface area contributed by atoms with Crippen LogP contribution in [0.4, 0.5) is 5.69 Å². The van der Waals surface area contributed by atoms with Crippen LogP contribution in [0.25, 0.3) is 6.08 Å². The fourth-order valence-electron chi connectivity index (χ4n) is 2.46. The normalized spacial score (nSPS) is 10.7. The van der Waals surface area contributed by atoms with Gasteiger partial charge in [-0.15, -0.1) is 0 Å². The van der Waals surface area contributed by atoms with E-state index in [1.807, 2.05) is 6.07 Å². The molecule has 0 spiro atoms. The van der Waals surface area contributed by atoms with Gasteiger partial charge in [0.05, 0.1) is 10.6 Å². The van der Waals surface area contributed by atoms with Crippen molar-refractivity contribution < 1.29 is 14.7 Å². The number of carbonyl (C=O) groups is 2. The number of phenolic OH excluding ortho intramolecular Hbond substituents is 1. The van der Waals surface area contributed by atoms with Crippen LogP contribution in [0.5, 0.6) is 5.75 Å². The average Bonchev–Trinajstić information content (AvgIpc) is 2.67. The molecule has 2 N–H and O–H groups in total. The first-order valence-corrected chi connectivity index (χ1v) is 8.58. The van der Waals surface area contributed by atoms with Crippen LogP contribution < -0.4 is 5.32 Å². The topological polar surface area (TPSA) is 66.4 Å². The maximum absolute atomic E-state index is 12.3. The van der Waals surface area contributed by atoms with Gasteiger partial charge in [0, 0.05) is 11.3 Å². The molecule has 0 saturated heterocycles. The van der Waals surface area contributed by atoms with E-state index in [1.165, 1.54) is 18.2 Å². The second-order valence-corrected chi connectivity index (χ2v) is 6.21. The van der Waals surface area contributed by atoms with Crippen LogP contribution in [0, 0.1) is 0 Å². The van der Waals surface area contributed by atoms with Crippen molar-refractivity contribution in [3.05, 3.63) is 101 Å². The van der Waals surface area contributed by atoms with Gasteiger partial charge in [-0.3, -0.25) is 9.59 Å². The highest BCUT2D eigenvalue weighted by molar-refractivity contribution is 6.34. The number of anilines is 1. The molecule has 5 heteroatoms. The van der Waals surface area contributed by atoms with Crippen LogP contribution in [0.15, 0.2) is 78.9 Å². The van der Waals surface area contributed by atoms with Crippen LogP contribution in [-0.4, -0.2) is 16.8 Å². The number of carbonyl (C=O) groups excluding carboxylic acids is 2. The Bertz CT molecular complexity index is 1010. The number of nitrogens with one attached hydrogen (secondary N) is 1. The van der Waals surface area contributed by atoms with Crippen molar-refractivity contribution in [2.75, 3.05) is 5.32 Å². The second kappa shape index (κ2) is 8.34. The third kappa shape index (κ3) is 4.84. The summed E-state index contributed by atoms with van der Waals surface area (Å²) < 4.78 is 0. The highest BCUT2D eigenvalue weighted by atomic mass is 35.5. The lowest BCUT2D eigenvalue weighted by atomic mass is 10.1. The summed E-state index contributed by atoms with van der Waals surface area (Å²) in [6.07, 6.45) is 3.11. The van der Waals surface area contributed by atoms with Crippen molar-refractivity contribution >= 4 is 35.1 Å². The van der Waals surface area contributed by atoms with E-state index in [1.54, 1.807) is 60.7 Å². The molecule has 0 fully saturated rings. The Hall–Kier alpha value is -3.37. The summed E-state index contributed by atoms with van der Waals surface area (Å²) in [5.74, 6) is -0.375. The summed E-state index contributed by atoms with van der Waals surface area (Å²) >= 11 is 6.04. The predicted molar refractivity (Wildman–Crippen MR) is 107 cm³/mol. The van der Waals surface area contributed by atoms with Gasteiger partial charge in [0.15, 0.2) is 5.78 Å². The maximum atomic E-state index is 12.3. The molecular formula is C22H16ClNO3. The molecule has 27 heavy (non-hydrogen) atoms. The first kappa shape index (κ1) is 18.4. The standard InChI is InChI=1S/C22H16ClNO3/c23-20-7-2-1-6-19(20)22(27)24-17-5-3-4-15(14-17)8-13-21(26)16-9-11-18(25)12-10-16/h1-14,25H,(H,24,27)/b13-8+. The lowest BCUT2D eigenvalue weighted by Gasteiger charge is -2.07. The molecule has 0 radical (unpaired) electrons. The fourth-order valence-corrected chi connectivity index (χ4v) is 2.68. The largest absolute Gasteiger partial charge is 0.508 e. The summed E-state index contributed by atoms with van der Waals surface area (Å²) in [4.78, 5) is 24.5. The molecule has 0 aromatic heterocycles. The highest BCUT2D eigenvalue weighted by Crippen LogP contribution is 2.18. The van der Waals surface area contributed by atoms with Crippen molar-refractivity contribution in [3.63, 3.8) is 0 Å². The maximum Gasteiger partial charge on any atom is 0.257 e. The van der Waals surface area contributed by atoms with Crippen molar-refractivity contribution in [1.29, 1.82) is 0 Å². The van der Waals surface area contributed by atoms with Gasteiger partial charge in [0.25, 0.3) is 5.91 Å². The number of allylic oxidation sites excluding steroid dienone is 1. The minimum atomic E-state index is -0.304. The number of aromatic hydroxyl groups is 1. The molecular weight excluding hydrogens is 362 g/mol. The molecule has 1 amide bonds. The number of hydrogen-bond donors (Lipinski definition) is 2. The van der Waals surface area contributed by atoms with Gasteiger partial charge in [0.1, 0.15) is 5.75 Å². The van der Waals surface area contributed by atoms with E-state index in [2.05, 4.69) is 5.32 Å². The number of halogens is 1. The summed E-state index contributed by atoms with van der Waals surface area (Å²) in [6, 6.07) is 20.0. The van der Waals surface area contributed by atoms with Crippen molar-refractivity contribution in [3.8, 4) is 5.75 Å². The molecule has 0 unspecified atom stereocenters. The molecule has 0 aliphatic carbocycles. The number of benzene rings is 3. The molecule has 0 atom stereocenters. The molecule has 0 saturated carbocycles. The molecule has 3 rings (SSSR count). The van der Waals surface area contributed by atoms with E-state index in [9.17, 15) is 14.7 Å². The molecule has 3 aromatic rings. The number of amides is 1. The molecule has 3 aromatic carbocycles. The lowest BCUT2D eigenvalue weighted by Crippen LogP contribution is -2.12. The van der Waals surface area contributed by atoms with Gasteiger partial charge in [-0.05, 0) is 60.2 Å². The lowest BCUT2D eigenvalue weighted by molar-refractivity contribution is 0.102. The Morgan fingerprint density at radius 3 is 2.41 bits per heavy atom. The van der Waals surface area contributed by atoms with Crippen molar-refractivity contribution in [2.24, 2.45) is 0 Å². The SMILES string of the molecule is O=C(/C=C/c1cccc(NC(=O)c2ccccc2Cl)c1)c1ccc(O)cc1. The van der Waals surface area contributed by atoms with E-state index in [0.717, 1.165) is 5.56 Å². The van der Waals surface area contributed by atoms with Gasteiger partial charge in [0.2, 0.25) is 0 Å². The second-order valence-electron chi connectivity index (χ2n) is 5.80. The zero-order chi connectivity index (χ0) is 19.2. The Morgan fingerprint density at radius 1 is 0.926 bits per heavy atom. The molecule has 0 aliphatic rings. The van der Waals surface area contributed by atoms with E-state index < -0.39 is 0 Å².